The molecule has 27 heavy (non-hydrogen) atoms. The third-order valence-electron chi connectivity index (χ3n) is 5.07. The van der Waals surface area contributed by atoms with Gasteiger partial charge >= 0.3 is 6.03 Å². The lowest BCUT2D eigenvalue weighted by Crippen LogP contribution is -2.44. The molecule has 0 spiro atoms. The minimum atomic E-state index is -0.521. The van der Waals surface area contributed by atoms with Crippen molar-refractivity contribution < 1.29 is 19.1 Å². The third-order valence-corrected chi connectivity index (χ3v) is 6.25. The smallest absolute Gasteiger partial charge is 0.315 e. The number of morpholine rings is 1. The molecule has 1 aromatic carbocycles. The van der Waals surface area contributed by atoms with Crippen LogP contribution in [0.4, 0.5) is 10.5 Å². The maximum atomic E-state index is 12.0. The van der Waals surface area contributed by atoms with Crippen LogP contribution in [0.5, 0.6) is 5.75 Å². The highest BCUT2D eigenvalue weighted by atomic mass is 32.1. The monoisotopic (exact) mass is 390 g/mol. The molecule has 8 nitrogen and oxygen atoms in total. The van der Waals surface area contributed by atoms with Gasteiger partial charge in [-0.25, -0.2) is 9.78 Å². The van der Waals surface area contributed by atoms with E-state index in [-0.39, 0.29) is 12.2 Å². The summed E-state index contributed by atoms with van der Waals surface area (Å²) >= 11 is 1.50. The Bertz CT molecular complexity index is 878. The molecule has 2 amide bonds. The van der Waals surface area contributed by atoms with Crippen LogP contribution in [-0.2, 0) is 9.53 Å². The molecule has 4 rings (SSSR count). The summed E-state index contributed by atoms with van der Waals surface area (Å²) in [5, 5.41) is 0.718. The van der Waals surface area contributed by atoms with E-state index in [9.17, 15) is 9.59 Å². The zero-order valence-corrected chi connectivity index (χ0v) is 16.0. The Balaban J connectivity index is 1.79. The van der Waals surface area contributed by atoms with Crippen LogP contribution >= 0.6 is 11.3 Å². The van der Waals surface area contributed by atoms with Gasteiger partial charge in [0.25, 0.3) is 0 Å². The second kappa shape index (κ2) is 7.32. The van der Waals surface area contributed by atoms with Crippen LogP contribution < -0.4 is 15.4 Å². The highest BCUT2D eigenvalue weighted by Crippen LogP contribution is 2.42. The van der Waals surface area contributed by atoms with E-state index in [1.54, 1.807) is 12.0 Å². The van der Waals surface area contributed by atoms with Crippen molar-refractivity contribution in [2.75, 3.05) is 44.9 Å². The molecule has 0 bridgehead atoms. The van der Waals surface area contributed by atoms with Crippen molar-refractivity contribution in [2.45, 2.75) is 18.9 Å². The third kappa shape index (κ3) is 3.32. The molecule has 144 valence electrons. The number of urea groups is 1. The number of ether oxygens (including phenoxy) is 2. The zero-order valence-electron chi connectivity index (χ0n) is 15.1. The number of anilines is 1. The number of piperidine rings is 1. The number of carbonyl (C=O) groups excluding carboxylic acids is 2. The number of amides is 2. The summed E-state index contributed by atoms with van der Waals surface area (Å²) < 4.78 is 11.9. The number of methoxy groups -OCH3 is 1. The Hall–Kier alpha value is -2.39. The number of likely N-dealkylation sites (tertiary alicyclic amines) is 1. The lowest BCUT2D eigenvalue weighted by Gasteiger charge is -2.32. The van der Waals surface area contributed by atoms with Gasteiger partial charge in [0.15, 0.2) is 0 Å². The van der Waals surface area contributed by atoms with Crippen LogP contribution in [0.25, 0.3) is 10.2 Å². The summed E-state index contributed by atoms with van der Waals surface area (Å²) in [7, 11) is 1.61. The lowest BCUT2D eigenvalue weighted by molar-refractivity contribution is -0.122. The highest BCUT2D eigenvalue weighted by molar-refractivity contribution is 7.19. The van der Waals surface area contributed by atoms with Gasteiger partial charge in [-0.2, -0.15) is 0 Å². The Kier molecular flexibility index (Phi) is 4.88. The fourth-order valence-corrected chi connectivity index (χ4v) is 4.90. The molecule has 2 aliphatic rings. The van der Waals surface area contributed by atoms with E-state index in [1.807, 2.05) is 12.1 Å². The van der Waals surface area contributed by atoms with Gasteiger partial charge in [-0.15, -0.1) is 11.3 Å². The topological polar surface area (TPSA) is 98.0 Å². The van der Waals surface area contributed by atoms with Gasteiger partial charge in [0.2, 0.25) is 0 Å². The summed E-state index contributed by atoms with van der Waals surface area (Å²) in [6, 6.07) is 3.01. The van der Waals surface area contributed by atoms with Crippen LogP contribution in [0.15, 0.2) is 12.1 Å². The van der Waals surface area contributed by atoms with E-state index in [0.717, 1.165) is 34.0 Å². The number of rotatable bonds is 3. The van der Waals surface area contributed by atoms with Crippen molar-refractivity contribution in [3.8, 4) is 5.75 Å². The van der Waals surface area contributed by atoms with Crippen LogP contribution in [0.2, 0.25) is 0 Å². The SMILES string of the molecule is COc1ccc(N2CCOCC2)c2sc(C3CC(=O)CCN3C(N)=O)nc12. The molecule has 3 heterocycles. The van der Waals surface area contributed by atoms with Gasteiger partial charge in [-0.3, -0.25) is 4.79 Å². The number of thiazole rings is 1. The zero-order chi connectivity index (χ0) is 19.0. The van der Waals surface area contributed by atoms with Gasteiger partial charge in [0, 0.05) is 32.5 Å². The first-order valence-corrected chi connectivity index (χ1v) is 9.78. The molecule has 1 aromatic heterocycles. The Morgan fingerprint density at radius 1 is 1.33 bits per heavy atom. The fourth-order valence-electron chi connectivity index (χ4n) is 3.66. The number of hydrogen-bond donors (Lipinski definition) is 1. The molecular weight excluding hydrogens is 368 g/mol. The fraction of sp³-hybridized carbons (Fsp3) is 0.500. The Morgan fingerprint density at radius 3 is 2.81 bits per heavy atom. The van der Waals surface area contributed by atoms with Gasteiger partial charge < -0.3 is 25.0 Å². The summed E-state index contributed by atoms with van der Waals surface area (Å²) in [5.74, 6) is 0.800. The summed E-state index contributed by atoms with van der Waals surface area (Å²) in [4.78, 5) is 32.5. The maximum absolute atomic E-state index is 12.0. The van der Waals surface area contributed by atoms with E-state index >= 15 is 0 Å². The van der Waals surface area contributed by atoms with Crippen molar-refractivity contribution in [3.05, 3.63) is 17.1 Å². The molecule has 1 unspecified atom stereocenters. The lowest BCUT2D eigenvalue weighted by atomic mass is 10.0. The number of aromatic nitrogens is 1. The standard InChI is InChI=1S/C18H22N4O4S/c1-25-14-3-2-12(21-6-8-26-9-7-21)16-15(14)20-17(27-16)13-10-11(23)4-5-22(13)18(19)24/h2-3,13H,4-10H2,1H3,(H2,19,24). The van der Waals surface area contributed by atoms with Crippen molar-refractivity contribution in [2.24, 2.45) is 5.73 Å². The molecule has 2 saturated heterocycles. The average molecular weight is 390 g/mol. The maximum Gasteiger partial charge on any atom is 0.315 e. The predicted octanol–water partition coefficient (Wildman–Crippen LogP) is 1.93. The first-order chi connectivity index (χ1) is 13.1. The number of nitrogens with zero attached hydrogens (tertiary/aromatic N) is 3. The normalized spacial score (nSPS) is 20.9. The van der Waals surface area contributed by atoms with Gasteiger partial charge in [0.1, 0.15) is 22.1 Å². The van der Waals surface area contributed by atoms with E-state index < -0.39 is 12.1 Å². The largest absolute Gasteiger partial charge is 0.494 e. The van der Waals surface area contributed by atoms with E-state index in [1.165, 1.54) is 11.3 Å². The number of hydrogen-bond acceptors (Lipinski definition) is 7. The molecule has 2 aliphatic heterocycles. The summed E-state index contributed by atoms with van der Waals surface area (Å²) in [6.07, 6.45) is 0.588. The second-order valence-electron chi connectivity index (χ2n) is 6.66. The molecule has 1 atom stereocenters. The highest BCUT2D eigenvalue weighted by Gasteiger charge is 2.33. The summed E-state index contributed by atoms with van der Waals surface area (Å²) in [5.41, 5.74) is 7.37. The number of fused-ring (bicyclic) bond motifs is 1. The minimum absolute atomic E-state index is 0.122. The number of carbonyl (C=O) groups is 2. The average Bonchev–Trinajstić information content (AvgIpc) is 3.13. The number of ketones is 1. The van der Waals surface area contributed by atoms with Gasteiger partial charge in [-0.05, 0) is 12.1 Å². The number of primary amides is 1. The molecule has 9 heteroatoms. The summed E-state index contributed by atoms with van der Waals surface area (Å²) in [6.45, 7) is 3.33. The van der Waals surface area contributed by atoms with Crippen LogP contribution in [-0.4, -0.2) is 61.7 Å². The van der Waals surface area contributed by atoms with Crippen LogP contribution in [0.3, 0.4) is 0 Å². The van der Waals surface area contributed by atoms with Crippen molar-refractivity contribution in [3.63, 3.8) is 0 Å². The molecule has 2 aromatic rings. The first-order valence-electron chi connectivity index (χ1n) is 8.96. The second-order valence-corrected chi connectivity index (χ2v) is 7.69. The van der Waals surface area contributed by atoms with E-state index in [2.05, 4.69) is 4.90 Å². The number of Topliss-reactive ketones (excluding diaryl/α,β-unsaturated/α-hetero) is 1. The Morgan fingerprint density at radius 2 is 2.11 bits per heavy atom. The van der Waals surface area contributed by atoms with E-state index in [0.29, 0.717) is 31.9 Å². The van der Waals surface area contributed by atoms with Crippen molar-refractivity contribution >= 4 is 39.1 Å². The number of nitrogens with two attached hydrogens (primary N) is 1. The van der Waals surface area contributed by atoms with Crippen LogP contribution in [0.1, 0.15) is 23.9 Å². The van der Waals surface area contributed by atoms with Gasteiger partial charge in [0.05, 0.1) is 36.8 Å². The predicted molar refractivity (Wildman–Crippen MR) is 102 cm³/mol. The molecule has 0 aliphatic carbocycles. The number of benzene rings is 1. The molecule has 0 saturated carbocycles. The van der Waals surface area contributed by atoms with Crippen LogP contribution in [0, 0.1) is 0 Å². The molecule has 0 radical (unpaired) electrons. The van der Waals surface area contributed by atoms with Gasteiger partial charge in [-0.1, -0.05) is 0 Å². The molecular formula is C18H22N4O4S. The quantitative estimate of drug-likeness (QED) is 0.860. The molecule has 2 N–H and O–H groups in total. The van der Waals surface area contributed by atoms with E-state index in [4.69, 9.17) is 20.2 Å². The van der Waals surface area contributed by atoms with Crippen molar-refractivity contribution in [1.82, 2.24) is 9.88 Å². The first kappa shape index (κ1) is 18.0. The van der Waals surface area contributed by atoms with Crippen molar-refractivity contribution in [1.29, 1.82) is 0 Å². The minimum Gasteiger partial charge on any atom is -0.494 e. The molecule has 2 fully saturated rings. The Labute approximate surface area is 160 Å².